The largest absolute Gasteiger partial charge is 0.355 e. The Labute approximate surface area is 138 Å². The van der Waals surface area contributed by atoms with E-state index in [4.69, 9.17) is 4.52 Å². The minimum atomic E-state index is -0.540. The number of carbonyl (C=O) groups excluding carboxylic acids is 1. The molecule has 2 aromatic heterocycles. The molecular formula is C18H16N2O2S. The number of aromatic nitrogens is 1. The van der Waals surface area contributed by atoms with Gasteiger partial charge in [0.2, 0.25) is 5.91 Å². The van der Waals surface area contributed by atoms with Crippen LogP contribution in [0.25, 0.3) is 10.6 Å². The summed E-state index contributed by atoms with van der Waals surface area (Å²) in [4.78, 5) is 13.8. The molecule has 5 heteroatoms. The zero-order valence-corrected chi connectivity index (χ0v) is 13.5. The highest BCUT2D eigenvalue weighted by molar-refractivity contribution is 7.13. The van der Waals surface area contributed by atoms with Crippen molar-refractivity contribution < 1.29 is 9.32 Å². The Hall–Kier alpha value is -2.40. The van der Waals surface area contributed by atoms with Gasteiger partial charge >= 0.3 is 0 Å². The first-order chi connectivity index (χ1) is 11.2. The molecule has 23 heavy (non-hydrogen) atoms. The third-order valence-corrected chi connectivity index (χ3v) is 5.23. The fraction of sp³-hybridized carbons (Fsp3) is 0.222. The summed E-state index contributed by atoms with van der Waals surface area (Å²) in [7, 11) is 0. The van der Waals surface area contributed by atoms with Crippen LogP contribution in [0.2, 0.25) is 0 Å². The molecule has 116 valence electrons. The van der Waals surface area contributed by atoms with Gasteiger partial charge in [0, 0.05) is 11.8 Å². The van der Waals surface area contributed by atoms with E-state index in [0.29, 0.717) is 0 Å². The molecule has 1 aliphatic carbocycles. The van der Waals surface area contributed by atoms with E-state index in [0.717, 1.165) is 40.4 Å². The Balaban J connectivity index is 1.59. The first-order valence-corrected chi connectivity index (χ1v) is 8.45. The highest BCUT2D eigenvalue weighted by Crippen LogP contribution is 2.49. The summed E-state index contributed by atoms with van der Waals surface area (Å²) < 4.78 is 5.44. The number of nitrogens with one attached hydrogen (secondary N) is 1. The molecule has 0 saturated heterocycles. The molecule has 0 spiro atoms. The van der Waals surface area contributed by atoms with Gasteiger partial charge in [-0.3, -0.25) is 4.79 Å². The summed E-state index contributed by atoms with van der Waals surface area (Å²) in [6.45, 7) is 1.99. The fourth-order valence-electron chi connectivity index (χ4n) is 2.72. The van der Waals surface area contributed by atoms with Crippen LogP contribution in [0, 0.1) is 6.92 Å². The lowest BCUT2D eigenvalue weighted by molar-refractivity contribution is -0.118. The van der Waals surface area contributed by atoms with Crippen molar-refractivity contribution in [3.8, 4) is 10.6 Å². The fourth-order valence-corrected chi connectivity index (χ4v) is 3.39. The zero-order chi connectivity index (χ0) is 15.9. The predicted molar refractivity (Wildman–Crippen MR) is 90.5 cm³/mol. The van der Waals surface area contributed by atoms with E-state index >= 15 is 0 Å². The van der Waals surface area contributed by atoms with E-state index < -0.39 is 5.41 Å². The van der Waals surface area contributed by atoms with Crippen molar-refractivity contribution in [1.82, 2.24) is 5.16 Å². The smallest absolute Gasteiger partial charge is 0.236 e. The maximum atomic E-state index is 12.8. The molecule has 2 heterocycles. The maximum absolute atomic E-state index is 12.8. The normalized spacial score (nSPS) is 15.3. The molecule has 1 aliphatic rings. The molecule has 3 aromatic rings. The quantitative estimate of drug-likeness (QED) is 0.775. The van der Waals surface area contributed by atoms with Crippen LogP contribution in [-0.2, 0) is 10.2 Å². The number of amides is 1. The van der Waals surface area contributed by atoms with Crippen LogP contribution in [0.1, 0.15) is 24.1 Å². The third kappa shape index (κ3) is 2.47. The number of hydrogen-bond acceptors (Lipinski definition) is 4. The lowest BCUT2D eigenvalue weighted by atomic mass is 10.0. The van der Waals surface area contributed by atoms with E-state index in [-0.39, 0.29) is 5.91 Å². The van der Waals surface area contributed by atoms with E-state index in [9.17, 15) is 4.79 Å². The number of benzene rings is 1. The zero-order valence-electron chi connectivity index (χ0n) is 12.7. The van der Waals surface area contributed by atoms with Crippen LogP contribution >= 0.6 is 11.3 Å². The lowest BCUT2D eigenvalue weighted by Crippen LogP contribution is -2.28. The highest BCUT2D eigenvalue weighted by atomic mass is 32.1. The molecule has 0 unspecified atom stereocenters. The van der Waals surface area contributed by atoms with Crippen LogP contribution in [0.4, 0.5) is 5.69 Å². The molecule has 4 rings (SSSR count). The number of thiophene rings is 1. The van der Waals surface area contributed by atoms with Gasteiger partial charge in [0.1, 0.15) is 0 Å². The monoisotopic (exact) mass is 324 g/mol. The lowest BCUT2D eigenvalue weighted by Gasteiger charge is -2.13. The molecule has 4 nitrogen and oxygen atoms in total. The molecular weight excluding hydrogens is 308 g/mol. The molecule has 0 atom stereocenters. The topological polar surface area (TPSA) is 55.1 Å². The van der Waals surface area contributed by atoms with E-state index in [1.54, 1.807) is 11.3 Å². The Kier molecular flexibility index (Phi) is 3.31. The third-order valence-electron chi connectivity index (χ3n) is 4.34. The summed E-state index contributed by atoms with van der Waals surface area (Å²) >= 11 is 1.60. The van der Waals surface area contributed by atoms with Gasteiger partial charge in [-0.05, 0) is 42.8 Å². The van der Waals surface area contributed by atoms with Gasteiger partial charge < -0.3 is 9.84 Å². The van der Waals surface area contributed by atoms with Gasteiger partial charge in [0.25, 0.3) is 0 Å². The van der Waals surface area contributed by atoms with Crippen molar-refractivity contribution in [3.63, 3.8) is 0 Å². The number of para-hydroxylation sites is 1. The summed E-state index contributed by atoms with van der Waals surface area (Å²) in [5, 5.41) is 9.20. The number of rotatable bonds is 4. The summed E-state index contributed by atoms with van der Waals surface area (Å²) in [6, 6.07) is 13.7. The predicted octanol–water partition coefficient (Wildman–Crippen LogP) is 4.38. The maximum Gasteiger partial charge on any atom is 0.236 e. The standard InChI is InChI=1S/C18H16N2O2S/c1-12-5-2-3-6-13(12)19-17(21)18(8-9-18)16-11-14(22-20-16)15-7-4-10-23-15/h2-7,10-11H,8-9H2,1H3,(H,19,21). The second kappa shape index (κ2) is 5.35. The van der Waals surface area contributed by atoms with Gasteiger partial charge in [0.05, 0.1) is 16.0 Å². The Morgan fingerprint density at radius 1 is 1.26 bits per heavy atom. The van der Waals surface area contributed by atoms with Gasteiger partial charge in [0.15, 0.2) is 5.76 Å². The molecule has 1 saturated carbocycles. The Bertz CT molecular complexity index is 848. The van der Waals surface area contributed by atoms with Crippen LogP contribution in [0.3, 0.4) is 0 Å². The van der Waals surface area contributed by atoms with Gasteiger partial charge in [-0.1, -0.05) is 29.4 Å². The van der Waals surface area contributed by atoms with Crippen molar-refractivity contribution >= 4 is 22.9 Å². The molecule has 1 amide bonds. The van der Waals surface area contributed by atoms with Crippen molar-refractivity contribution in [2.24, 2.45) is 0 Å². The van der Waals surface area contributed by atoms with E-state index in [2.05, 4.69) is 10.5 Å². The van der Waals surface area contributed by atoms with Crippen LogP contribution in [0.5, 0.6) is 0 Å². The van der Waals surface area contributed by atoms with E-state index in [1.165, 1.54) is 0 Å². The Morgan fingerprint density at radius 3 is 2.78 bits per heavy atom. The first-order valence-electron chi connectivity index (χ1n) is 7.57. The molecule has 0 radical (unpaired) electrons. The average Bonchev–Trinajstić information content (AvgIpc) is 2.99. The Morgan fingerprint density at radius 2 is 2.09 bits per heavy atom. The van der Waals surface area contributed by atoms with Crippen LogP contribution in [-0.4, -0.2) is 11.1 Å². The highest BCUT2D eigenvalue weighted by Gasteiger charge is 2.53. The minimum absolute atomic E-state index is 0.00201. The second-order valence-corrected chi connectivity index (χ2v) is 6.85. The summed E-state index contributed by atoms with van der Waals surface area (Å²) in [5.74, 6) is 0.725. The molecule has 1 N–H and O–H groups in total. The number of anilines is 1. The summed E-state index contributed by atoms with van der Waals surface area (Å²) in [5.41, 5.74) is 2.09. The molecule has 0 aliphatic heterocycles. The number of nitrogens with zero attached hydrogens (tertiary/aromatic N) is 1. The van der Waals surface area contributed by atoms with Gasteiger partial charge in [-0.15, -0.1) is 11.3 Å². The van der Waals surface area contributed by atoms with Gasteiger partial charge in [-0.25, -0.2) is 0 Å². The van der Waals surface area contributed by atoms with Crippen molar-refractivity contribution in [3.05, 3.63) is 59.1 Å². The average molecular weight is 324 g/mol. The summed E-state index contributed by atoms with van der Waals surface area (Å²) in [6.07, 6.45) is 1.61. The second-order valence-electron chi connectivity index (χ2n) is 5.90. The molecule has 1 fully saturated rings. The van der Waals surface area contributed by atoms with Crippen LogP contribution in [0.15, 0.2) is 52.4 Å². The molecule has 1 aromatic carbocycles. The van der Waals surface area contributed by atoms with Crippen molar-refractivity contribution in [2.45, 2.75) is 25.2 Å². The van der Waals surface area contributed by atoms with E-state index in [1.807, 2.05) is 54.8 Å². The minimum Gasteiger partial charge on any atom is -0.355 e. The number of aryl methyl sites for hydroxylation is 1. The molecule has 0 bridgehead atoms. The van der Waals surface area contributed by atoms with Gasteiger partial charge in [-0.2, -0.15) is 0 Å². The van der Waals surface area contributed by atoms with Crippen molar-refractivity contribution in [2.75, 3.05) is 5.32 Å². The number of carbonyl (C=O) groups is 1. The van der Waals surface area contributed by atoms with Crippen LogP contribution < -0.4 is 5.32 Å². The first kappa shape index (κ1) is 14.2. The van der Waals surface area contributed by atoms with Crippen molar-refractivity contribution in [1.29, 1.82) is 0 Å². The SMILES string of the molecule is Cc1ccccc1NC(=O)C1(c2cc(-c3cccs3)on2)CC1. The number of hydrogen-bond donors (Lipinski definition) is 1.